The summed E-state index contributed by atoms with van der Waals surface area (Å²) in [5.41, 5.74) is 8.53. The molecule has 0 saturated heterocycles. The molecule has 0 aliphatic rings. The Bertz CT molecular complexity index is 726. The molecule has 4 heteroatoms. The molecule has 0 aliphatic carbocycles. The van der Waals surface area contributed by atoms with Gasteiger partial charge in [0, 0.05) is 12.2 Å². The Kier molecular flexibility index (Phi) is 2.71. The summed E-state index contributed by atoms with van der Waals surface area (Å²) in [4.78, 5) is 4.52. The average Bonchev–Trinajstić information content (AvgIpc) is 2.76. The van der Waals surface area contributed by atoms with Gasteiger partial charge >= 0.3 is 0 Å². The van der Waals surface area contributed by atoms with Crippen LogP contribution in [0.15, 0.2) is 42.5 Å². The van der Waals surface area contributed by atoms with Crippen LogP contribution in [0.1, 0.15) is 6.92 Å². The largest absolute Gasteiger partial charge is 0.398 e. The second kappa shape index (κ2) is 4.39. The highest BCUT2D eigenvalue weighted by Gasteiger charge is 2.16. The van der Waals surface area contributed by atoms with Crippen LogP contribution in [0, 0.1) is 5.82 Å². The zero-order valence-corrected chi connectivity index (χ0v) is 10.6. The van der Waals surface area contributed by atoms with Gasteiger partial charge in [-0.1, -0.05) is 18.2 Å². The summed E-state index contributed by atoms with van der Waals surface area (Å²) in [6.07, 6.45) is 0. The number of anilines is 1. The minimum absolute atomic E-state index is 0.343. The Morgan fingerprint density at radius 3 is 2.68 bits per heavy atom. The maximum absolute atomic E-state index is 14.0. The van der Waals surface area contributed by atoms with Gasteiger partial charge in [-0.2, -0.15) is 0 Å². The number of rotatable bonds is 2. The predicted molar refractivity (Wildman–Crippen MR) is 75.2 cm³/mol. The fourth-order valence-electron chi connectivity index (χ4n) is 2.36. The fraction of sp³-hybridized carbons (Fsp3) is 0.133. The summed E-state index contributed by atoms with van der Waals surface area (Å²) in [5.74, 6) is 0.240. The highest BCUT2D eigenvalue weighted by atomic mass is 19.1. The van der Waals surface area contributed by atoms with E-state index in [-0.39, 0.29) is 5.82 Å². The first-order chi connectivity index (χ1) is 9.22. The van der Waals surface area contributed by atoms with Gasteiger partial charge in [-0.3, -0.25) is 0 Å². The van der Waals surface area contributed by atoms with E-state index in [2.05, 4.69) is 4.98 Å². The van der Waals surface area contributed by atoms with Gasteiger partial charge in [0.1, 0.15) is 11.6 Å². The van der Waals surface area contributed by atoms with Gasteiger partial charge in [0.15, 0.2) is 0 Å². The molecule has 0 fully saturated rings. The maximum atomic E-state index is 14.0. The molecule has 0 atom stereocenters. The lowest BCUT2D eigenvalue weighted by Gasteiger charge is -2.09. The van der Waals surface area contributed by atoms with E-state index in [9.17, 15) is 4.39 Å². The molecule has 0 aliphatic heterocycles. The summed E-state index contributed by atoms with van der Waals surface area (Å²) in [5, 5.41) is 0. The Morgan fingerprint density at radius 2 is 1.95 bits per heavy atom. The van der Waals surface area contributed by atoms with Crippen LogP contribution in [0.25, 0.3) is 22.4 Å². The standard InChI is InChI=1S/C15H14FN3/c1-2-19-13-9-4-3-8-12(13)18-15(19)14-10(16)6-5-7-11(14)17/h3-9H,2,17H2,1H3. The second-order valence-corrected chi connectivity index (χ2v) is 4.37. The van der Waals surface area contributed by atoms with Gasteiger partial charge in [-0.15, -0.1) is 0 Å². The summed E-state index contributed by atoms with van der Waals surface area (Å²) in [6, 6.07) is 12.5. The van der Waals surface area contributed by atoms with Crippen molar-refractivity contribution in [2.24, 2.45) is 0 Å². The lowest BCUT2D eigenvalue weighted by atomic mass is 10.1. The van der Waals surface area contributed by atoms with E-state index < -0.39 is 0 Å². The van der Waals surface area contributed by atoms with E-state index in [0.717, 1.165) is 11.0 Å². The van der Waals surface area contributed by atoms with Gasteiger partial charge in [0.25, 0.3) is 0 Å². The molecule has 1 aromatic heterocycles. The maximum Gasteiger partial charge on any atom is 0.146 e. The molecule has 0 amide bonds. The molecular formula is C15H14FN3. The Labute approximate surface area is 110 Å². The number of aromatic nitrogens is 2. The molecule has 0 saturated carbocycles. The number of nitrogens with two attached hydrogens (primary N) is 1. The number of nitrogen functional groups attached to an aromatic ring is 1. The first-order valence-corrected chi connectivity index (χ1v) is 6.22. The normalized spacial score (nSPS) is 11.1. The van der Waals surface area contributed by atoms with Gasteiger partial charge in [0.2, 0.25) is 0 Å². The number of aryl methyl sites for hydroxylation is 1. The van der Waals surface area contributed by atoms with E-state index in [1.165, 1.54) is 6.07 Å². The molecule has 3 nitrogen and oxygen atoms in total. The van der Waals surface area contributed by atoms with Crippen LogP contribution in [0.4, 0.5) is 10.1 Å². The van der Waals surface area contributed by atoms with Crippen molar-refractivity contribution in [1.82, 2.24) is 9.55 Å². The minimum atomic E-state index is -0.343. The lowest BCUT2D eigenvalue weighted by Crippen LogP contribution is -2.02. The molecule has 3 aromatic rings. The molecule has 0 spiro atoms. The van der Waals surface area contributed by atoms with Crippen LogP contribution in [0.5, 0.6) is 0 Å². The number of hydrogen-bond acceptors (Lipinski definition) is 2. The molecular weight excluding hydrogens is 241 g/mol. The molecule has 0 bridgehead atoms. The monoisotopic (exact) mass is 255 g/mol. The number of halogens is 1. The highest BCUT2D eigenvalue weighted by molar-refractivity contribution is 5.83. The highest BCUT2D eigenvalue weighted by Crippen LogP contribution is 2.30. The van der Waals surface area contributed by atoms with Crippen LogP contribution in [-0.4, -0.2) is 9.55 Å². The average molecular weight is 255 g/mol. The molecule has 96 valence electrons. The molecule has 19 heavy (non-hydrogen) atoms. The summed E-state index contributed by atoms with van der Waals surface area (Å²) in [6.45, 7) is 2.72. The van der Waals surface area contributed by atoms with E-state index in [1.807, 2.05) is 35.8 Å². The quantitative estimate of drug-likeness (QED) is 0.713. The molecule has 0 radical (unpaired) electrons. The zero-order valence-electron chi connectivity index (χ0n) is 10.6. The van der Waals surface area contributed by atoms with E-state index in [4.69, 9.17) is 5.73 Å². The minimum Gasteiger partial charge on any atom is -0.398 e. The molecule has 2 aromatic carbocycles. The van der Waals surface area contributed by atoms with Gasteiger partial charge in [0.05, 0.1) is 16.6 Å². The molecule has 1 heterocycles. The number of benzene rings is 2. The smallest absolute Gasteiger partial charge is 0.146 e. The van der Waals surface area contributed by atoms with E-state index in [1.54, 1.807) is 12.1 Å². The number of nitrogens with zero attached hydrogens (tertiary/aromatic N) is 2. The van der Waals surface area contributed by atoms with E-state index in [0.29, 0.717) is 23.6 Å². The van der Waals surface area contributed by atoms with Crippen molar-refractivity contribution in [3.63, 3.8) is 0 Å². The first-order valence-electron chi connectivity index (χ1n) is 6.22. The van der Waals surface area contributed by atoms with E-state index >= 15 is 0 Å². The Hall–Kier alpha value is -2.36. The van der Waals surface area contributed by atoms with Crippen LogP contribution in [0.2, 0.25) is 0 Å². The fourth-order valence-corrected chi connectivity index (χ4v) is 2.36. The second-order valence-electron chi connectivity index (χ2n) is 4.37. The zero-order chi connectivity index (χ0) is 13.4. The Morgan fingerprint density at radius 1 is 1.16 bits per heavy atom. The summed E-state index contributed by atoms with van der Waals surface area (Å²) >= 11 is 0. The molecule has 2 N–H and O–H groups in total. The van der Waals surface area contributed by atoms with Gasteiger partial charge in [-0.25, -0.2) is 9.37 Å². The van der Waals surface area contributed by atoms with Crippen LogP contribution < -0.4 is 5.73 Å². The number of para-hydroxylation sites is 2. The van der Waals surface area contributed by atoms with Crippen LogP contribution in [0.3, 0.4) is 0 Å². The molecule has 0 unspecified atom stereocenters. The lowest BCUT2D eigenvalue weighted by molar-refractivity contribution is 0.628. The van der Waals surface area contributed by atoms with Crippen molar-refractivity contribution in [3.05, 3.63) is 48.3 Å². The number of fused-ring (bicyclic) bond motifs is 1. The van der Waals surface area contributed by atoms with Crippen LogP contribution >= 0.6 is 0 Å². The predicted octanol–water partition coefficient (Wildman–Crippen LogP) is 3.44. The number of hydrogen-bond donors (Lipinski definition) is 1. The number of imidazole rings is 1. The van der Waals surface area contributed by atoms with Crippen LogP contribution in [-0.2, 0) is 6.54 Å². The third-order valence-corrected chi connectivity index (χ3v) is 3.24. The molecule has 3 rings (SSSR count). The van der Waals surface area contributed by atoms with Gasteiger partial charge in [-0.05, 0) is 31.2 Å². The van der Waals surface area contributed by atoms with Crippen molar-refractivity contribution in [3.8, 4) is 11.4 Å². The SMILES string of the molecule is CCn1c(-c2c(N)cccc2F)nc2ccccc21. The van der Waals surface area contributed by atoms with Crippen molar-refractivity contribution >= 4 is 16.7 Å². The topological polar surface area (TPSA) is 43.8 Å². The van der Waals surface area contributed by atoms with Crippen molar-refractivity contribution in [2.75, 3.05) is 5.73 Å². The third kappa shape index (κ3) is 1.76. The first kappa shape index (κ1) is 11.7. The summed E-state index contributed by atoms with van der Waals surface area (Å²) < 4.78 is 16.0. The van der Waals surface area contributed by atoms with Gasteiger partial charge < -0.3 is 10.3 Å². The van der Waals surface area contributed by atoms with Crippen molar-refractivity contribution in [2.45, 2.75) is 13.5 Å². The third-order valence-electron chi connectivity index (χ3n) is 3.24. The Balaban J connectivity index is 2.37. The van der Waals surface area contributed by atoms with Crippen molar-refractivity contribution < 1.29 is 4.39 Å². The van der Waals surface area contributed by atoms with Crippen molar-refractivity contribution in [1.29, 1.82) is 0 Å². The summed E-state index contributed by atoms with van der Waals surface area (Å²) in [7, 11) is 0.